The first-order valence-corrected chi connectivity index (χ1v) is 22.6. The van der Waals surface area contributed by atoms with Crippen LogP contribution in [0.3, 0.4) is 0 Å². The van der Waals surface area contributed by atoms with Crippen LogP contribution in [-0.4, -0.2) is 115 Å². The number of benzene rings is 2. The summed E-state index contributed by atoms with van der Waals surface area (Å²) < 4.78 is 18.6. The number of nitrogens with zero attached hydrogens (tertiary/aromatic N) is 3. The van der Waals surface area contributed by atoms with Gasteiger partial charge in [0.1, 0.15) is 28.3 Å². The van der Waals surface area contributed by atoms with Crippen molar-refractivity contribution < 1.29 is 28.6 Å². The van der Waals surface area contributed by atoms with Crippen molar-refractivity contribution in [2.24, 2.45) is 0 Å². The summed E-state index contributed by atoms with van der Waals surface area (Å²) in [5.41, 5.74) is 1.86. The Morgan fingerprint density at radius 1 is 0.712 bits per heavy atom. The Balaban J connectivity index is 0.000000230. The van der Waals surface area contributed by atoms with Gasteiger partial charge in [-0.25, -0.2) is 14.4 Å². The molecule has 0 radical (unpaired) electrons. The lowest BCUT2D eigenvalue weighted by Gasteiger charge is -2.47. The lowest BCUT2D eigenvalue weighted by Crippen LogP contribution is -2.52. The van der Waals surface area contributed by atoms with Gasteiger partial charge in [0, 0.05) is 65.2 Å². The maximum atomic E-state index is 12.5. The standard InChI is InChI=1S/C26H41N3O4.C21H33N3O2/c1-6-28(7-2)23(30)27-16-10-11-20-19-26(32-22-13-9-8-12-21(20)22)14-17-29(18-15-26)24(31)33-25(3,4)5;1-3-24(4-2)20(25)23-13-7-8-17-16-21(11-14-22-15-12-21)26-19-10-6-5-9-18(17)19/h8-9,12-13,20H,6-7,10-11,14-19H2,1-5H3,(H,27,30);5-6,9-10,17,22H,3-4,7-8,11-16H2,1-2H3,(H,23,25). The summed E-state index contributed by atoms with van der Waals surface area (Å²) in [5, 5.41) is 9.57. The molecule has 59 heavy (non-hydrogen) atoms. The number of carbonyl (C=O) groups is 3. The smallest absolute Gasteiger partial charge is 0.410 e. The highest BCUT2D eigenvalue weighted by Crippen LogP contribution is 2.48. The molecule has 6 rings (SSSR count). The second kappa shape index (κ2) is 21.4. The number of piperidine rings is 2. The van der Waals surface area contributed by atoms with Crippen LogP contribution in [0.4, 0.5) is 14.4 Å². The van der Waals surface area contributed by atoms with Crippen LogP contribution in [0.15, 0.2) is 48.5 Å². The van der Waals surface area contributed by atoms with Crippen molar-refractivity contribution in [2.75, 3.05) is 65.4 Å². The highest BCUT2D eigenvalue weighted by atomic mass is 16.6. The topological polar surface area (TPSA) is 125 Å². The fraction of sp³-hybridized carbons (Fsp3) is 0.681. The summed E-state index contributed by atoms with van der Waals surface area (Å²) in [6.07, 6.45) is 9.57. The van der Waals surface area contributed by atoms with Gasteiger partial charge in [-0.15, -0.1) is 0 Å². The Morgan fingerprint density at radius 3 is 1.56 bits per heavy atom. The van der Waals surface area contributed by atoms with Crippen molar-refractivity contribution in [1.29, 1.82) is 0 Å². The Kier molecular flexibility index (Phi) is 16.6. The highest BCUT2D eigenvalue weighted by molar-refractivity contribution is 5.74. The van der Waals surface area contributed by atoms with E-state index in [0.29, 0.717) is 31.5 Å². The van der Waals surface area contributed by atoms with Crippen LogP contribution in [-0.2, 0) is 4.74 Å². The third-order valence-electron chi connectivity index (χ3n) is 12.6. The van der Waals surface area contributed by atoms with Gasteiger partial charge in [-0.05, 0) is 148 Å². The van der Waals surface area contributed by atoms with E-state index in [4.69, 9.17) is 14.2 Å². The van der Waals surface area contributed by atoms with Gasteiger partial charge in [0.15, 0.2) is 0 Å². The second-order valence-corrected chi connectivity index (χ2v) is 17.8. The number of para-hydroxylation sites is 2. The van der Waals surface area contributed by atoms with Crippen LogP contribution in [0.25, 0.3) is 0 Å². The lowest BCUT2D eigenvalue weighted by atomic mass is 9.76. The summed E-state index contributed by atoms with van der Waals surface area (Å²) in [5.74, 6) is 2.93. The van der Waals surface area contributed by atoms with E-state index in [1.54, 1.807) is 9.80 Å². The van der Waals surface area contributed by atoms with E-state index < -0.39 is 5.60 Å². The third kappa shape index (κ3) is 12.7. The number of amides is 5. The fourth-order valence-electron chi connectivity index (χ4n) is 9.26. The summed E-state index contributed by atoms with van der Waals surface area (Å²) >= 11 is 0. The molecular weight excluding hydrogens is 745 g/mol. The van der Waals surface area contributed by atoms with Crippen LogP contribution in [0, 0.1) is 0 Å². The third-order valence-corrected chi connectivity index (χ3v) is 12.6. The monoisotopic (exact) mass is 819 g/mol. The molecular formula is C47H74N6O6. The molecule has 328 valence electrons. The zero-order valence-corrected chi connectivity index (χ0v) is 37.2. The molecule has 0 bridgehead atoms. The number of nitrogens with one attached hydrogen (secondary N) is 3. The van der Waals surface area contributed by atoms with Crippen LogP contribution >= 0.6 is 0 Å². The molecule has 2 aromatic carbocycles. The first-order valence-electron chi connectivity index (χ1n) is 22.6. The molecule has 2 spiro atoms. The van der Waals surface area contributed by atoms with E-state index in [1.165, 1.54) is 11.1 Å². The summed E-state index contributed by atoms with van der Waals surface area (Å²) in [6.45, 7) is 21.4. The number of urea groups is 2. The molecule has 2 fully saturated rings. The Hall–Kier alpha value is -4.19. The molecule has 4 aliphatic rings. The second-order valence-electron chi connectivity index (χ2n) is 17.8. The van der Waals surface area contributed by atoms with Gasteiger partial charge in [-0.2, -0.15) is 0 Å². The minimum absolute atomic E-state index is 0.00522. The lowest BCUT2D eigenvalue weighted by molar-refractivity contribution is -0.0330. The Bertz CT molecular complexity index is 1640. The molecule has 4 heterocycles. The molecule has 3 N–H and O–H groups in total. The average molecular weight is 819 g/mol. The molecule has 5 amide bonds. The van der Waals surface area contributed by atoms with Gasteiger partial charge >= 0.3 is 18.2 Å². The van der Waals surface area contributed by atoms with Gasteiger partial charge < -0.3 is 44.9 Å². The Labute approximate surface area is 354 Å². The van der Waals surface area contributed by atoms with Crippen LogP contribution < -0.4 is 25.4 Å². The molecule has 2 unspecified atom stereocenters. The molecule has 0 aliphatic carbocycles. The zero-order chi connectivity index (χ0) is 42.5. The van der Waals surface area contributed by atoms with Crippen molar-refractivity contribution in [3.63, 3.8) is 0 Å². The van der Waals surface area contributed by atoms with Crippen LogP contribution in [0.5, 0.6) is 11.5 Å². The predicted octanol–water partition coefficient (Wildman–Crippen LogP) is 8.66. The minimum Gasteiger partial charge on any atom is -0.487 e. The van der Waals surface area contributed by atoms with E-state index in [-0.39, 0.29) is 29.4 Å². The molecule has 2 saturated heterocycles. The van der Waals surface area contributed by atoms with E-state index in [2.05, 4.69) is 58.4 Å². The molecule has 12 nitrogen and oxygen atoms in total. The Morgan fingerprint density at radius 2 is 1.14 bits per heavy atom. The van der Waals surface area contributed by atoms with Crippen molar-refractivity contribution in [3.05, 3.63) is 59.7 Å². The van der Waals surface area contributed by atoms with Gasteiger partial charge in [0.05, 0.1) is 0 Å². The minimum atomic E-state index is -0.488. The number of likely N-dealkylation sites (tertiary alicyclic amines) is 1. The SMILES string of the molecule is CCN(CC)C(=O)NCCCC1CC2(CCN(C(=O)OC(C)(C)C)CC2)Oc2ccccc21.CCN(CC)C(=O)NCCCC1CC2(CCNCC2)Oc2ccccc21. The summed E-state index contributed by atoms with van der Waals surface area (Å²) in [7, 11) is 0. The van der Waals surface area contributed by atoms with E-state index in [9.17, 15) is 14.4 Å². The van der Waals surface area contributed by atoms with Crippen molar-refractivity contribution in [1.82, 2.24) is 30.7 Å². The largest absolute Gasteiger partial charge is 0.487 e. The van der Waals surface area contributed by atoms with Crippen molar-refractivity contribution in [2.45, 2.75) is 141 Å². The molecule has 2 atom stereocenters. The quantitative estimate of drug-likeness (QED) is 0.183. The molecule has 0 aromatic heterocycles. The van der Waals surface area contributed by atoms with Gasteiger partial charge in [0.2, 0.25) is 0 Å². The number of hydrogen-bond donors (Lipinski definition) is 3. The van der Waals surface area contributed by atoms with Gasteiger partial charge in [0.25, 0.3) is 0 Å². The van der Waals surface area contributed by atoms with Crippen molar-refractivity contribution in [3.8, 4) is 11.5 Å². The van der Waals surface area contributed by atoms with Crippen LogP contribution in [0.2, 0.25) is 0 Å². The predicted molar refractivity (Wildman–Crippen MR) is 235 cm³/mol. The maximum absolute atomic E-state index is 12.5. The first kappa shape index (κ1) is 45.9. The van der Waals surface area contributed by atoms with Gasteiger partial charge in [-0.3, -0.25) is 0 Å². The van der Waals surface area contributed by atoms with E-state index >= 15 is 0 Å². The molecule has 2 aromatic rings. The summed E-state index contributed by atoms with van der Waals surface area (Å²) in [6, 6.07) is 16.9. The number of rotatable bonds is 12. The fourth-order valence-corrected chi connectivity index (χ4v) is 9.26. The van der Waals surface area contributed by atoms with Crippen molar-refractivity contribution >= 4 is 18.2 Å². The number of fused-ring (bicyclic) bond motifs is 2. The van der Waals surface area contributed by atoms with E-state index in [1.807, 2.05) is 59.4 Å². The molecule has 12 heteroatoms. The number of carbonyl (C=O) groups excluding carboxylic acids is 3. The number of ether oxygens (including phenoxy) is 3. The van der Waals surface area contributed by atoms with Gasteiger partial charge in [-0.1, -0.05) is 36.4 Å². The number of hydrogen-bond acceptors (Lipinski definition) is 7. The maximum Gasteiger partial charge on any atom is 0.410 e. The van der Waals surface area contributed by atoms with E-state index in [0.717, 1.165) is 122 Å². The molecule has 4 aliphatic heterocycles. The molecule has 0 saturated carbocycles. The first-order chi connectivity index (χ1) is 28.3. The highest BCUT2D eigenvalue weighted by Gasteiger charge is 2.44. The zero-order valence-electron chi connectivity index (χ0n) is 37.2. The summed E-state index contributed by atoms with van der Waals surface area (Å²) in [4.78, 5) is 42.2. The normalized spacial score (nSPS) is 20.1. The average Bonchev–Trinajstić information content (AvgIpc) is 3.22. The van der Waals surface area contributed by atoms with Crippen LogP contribution in [0.1, 0.15) is 136 Å².